The first-order chi connectivity index (χ1) is 8.22. The van der Waals surface area contributed by atoms with E-state index in [-0.39, 0.29) is 0 Å². The SMILES string of the molecule is CNC(O)c1ccc(N2CCNCC2)c(F)n1. The molecule has 0 bridgehead atoms. The maximum Gasteiger partial charge on any atom is 0.236 e. The Morgan fingerprint density at radius 1 is 1.47 bits per heavy atom. The molecule has 0 saturated carbocycles. The fourth-order valence-electron chi connectivity index (χ4n) is 1.88. The van der Waals surface area contributed by atoms with Crippen LogP contribution in [0.4, 0.5) is 10.1 Å². The molecule has 2 heterocycles. The molecule has 3 N–H and O–H groups in total. The fourth-order valence-corrected chi connectivity index (χ4v) is 1.88. The minimum absolute atomic E-state index is 0.295. The number of halogens is 1. The smallest absolute Gasteiger partial charge is 0.236 e. The first-order valence-electron chi connectivity index (χ1n) is 5.70. The number of aliphatic hydroxyl groups is 1. The molecule has 1 fully saturated rings. The van der Waals surface area contributed by atoms with Gasteiger partial charge in [0.15, 0.2) is 0 Å². The van der Waals surface area contributed by atoms with E-state index in [1.54, 1.807) is 19.2 Å². The van der Waals surface area contributed by atoms with Gasteiger partial charge in [-0.3, -0.25) is 5.32 Å². The molecule has 1 aliphatic rings. The van der Waals surface area contributed by atoms with Gasteiger partial charge in [0, 0.05) is 26.2 Å². The summed E-state index contributed by atoms with van der Waals surface area (Å²) in [6.45, 7) is 3.24. The van der Waals surface area contributed by atoms with E-state index in [0.717, 1.165) is 26.2 Å². The van der Waals surface area contributed by atoms with Crippen LogP contribution >= 0.6 is 0 Å². The lowest BCUT2D eigenvalue weighted by molar-refractivity contribution is 0.143. The van der Waals surface area contributed by atoms with Crippen molar-refractivity contribution < 1.29 is 9.50 Å². The van der Waals surface area contributed by atoms with Crippen LogP contribution in [-0.2, 0) is 0 Å². The molecule has 0 aliphatic carbocycles. The van der Waals surface area contributed by atoms with Gasteiger partial charge >= 0.3 is 0 Å². The normalized spacial score (nSPS) is 18.2. The van der Waals surface area contributed by atoms with Crippen molar-refractivity contribution in [3.63, 3.8) is 0 Å². The molecule has 1 aliphatic heterocycles. The van der Waals surface area contributed by atoms with Gasteiger partial charge in [0.1, 0.15) is 6.23 Å². The summed E-state index contributed by atoms with van der Waals surface area (Å²) in [4.78, 5) is 5.73. The molecule has 94 valence electrons. The number of pyridine rings is 1. The third-order valence-corrected chi connectivity index (χ3v) is 2.86. The lowest BCUT2D eigenvalue weighted by Gasteiger charge is -2.29. The van der Waals surface area contributed by atoms with E-state index in [4.69, 9.17) is 0 Å². The van der Waals surface area contributed by atoms with Gasteiger partial charge in [-0.2, -0.15) is 4.39 Å². The molecule has 1 atom stereocenters. The summed E-state index contributed by atoms with van der Waals surface area (Å²) < 4.78 is 13.8. The Balaban J connectivity index is 2.18. The molecule has 1 aromatic rings. The van der Waals surface area contributed by atoms with Crippen LogP contribution < -0.4 is 15.5 Å². The Kier molecular flexibility index (Phi) is 3.88. The van der Waals surface area contributed by atoms with Crippen LogP contribution in [0.15, 0.2) is 12.1 Å². The van der Waals surface area contributed by atoms with Gasteiger partial charge in [-0.25, -0.2) is 4.98 Å². The fraction of sp³-hybridized carbons (Fsp3) is 0.545. The van der Waals surface area contributed by atoms with Crippen LogP contribution in [0, 0.1) is 5.95 Å². The Hall–Kier alpha value is -1.24. The van der Waals surface area contributed by atoms with Crippen molar-refractivity contribution in [1.82, 2.24) is 15.6 Å². The summed E-state index contributed by atoms with van der Waals surface area (Å²) in [7, 11) is 1.59. The molecule has 6 heteroatoms. The number of hydrogen-bond acceptors (Lipinski definition) is 5. The van der Waals surface area contributed by atoms with Crippen LogP contribution in [0.1, 0.15) is 11.9 Å². The lowest BCUT2D eigenvalue weighted by Crippen LogP contribution is -2.44. The van der Waals surface area contributed by atoms with E-state index >= 15 is 0 Å². The van der Waals surface area contributed by atoms with Crippen molar-refractivity contribution in [1.29, 1.82) is 0 Å². The van der Waals surface area contributed by atoms with Gasteiger partial charge in [-0.15, -0.1) is 0 Å². The van der Waals surface area contributed by atoms with Crippen molar-refractivity contribution >= 4 is 5.69 Å². The predicted molar refractivity (Wildman–Crippen MR) is 63.3 cm³/mol. The van der Waals surface area contributed by atoms with Gasteiger partial charge in [-0.05, 0) is 19.2 Å². The second kappa shape index (κ2) is 5.39. The average Bonchev–Trinajstić information content (AvgIpc) is 2.38. The Bertz CT molecular complexity index is 382. The zero-order valence-corrected chi connectivity index (χ0v) is 9.78. The molecule has 0 spiro atoms. The number of nitrogens with zero attached hydrogens (tertiary/aromatic N) is 2. The number of nitrogens with one attached hydrogen (secondary N) is 2. The van der Waals surface area contributed by atoms with Crippen LogP contribution in [0.2, 0.25) is 0 Å². The zero-order valence-electron chi connectivity index (χ0n) is 9.78. The van der Waals surface area contributed by atoms with Crippen molar-refractivity contribution in [2.24, 2.45) is 0 Å². The molecule has 2 rings (SSSR count). The van der Waals surface area contributed by atoms with Gasteiger partial charge in [-0.1, -0.05) is 0 Å². The molecule has 1 saturated heterocycles. The van der Waals surface area contributed by atoms with Crippen LogP contribution in [-0.4, -0.2) is 43.3 Å². The topological polar surface area (TPSA) is 60.4 Å². The number of rotatable bonds is 3. The van der Waals surface area contributed by atoms with E-state index in [1.165, 1.54) is 0 Å². The predicted octanol–water partition coefficient (Wildman–Crippen LogP) is -0.159. The second-order valence-corrected chi connectivity index (χ2v) is 3.97. The number of hydrogen-bond donors (Lipinski definition) is 3. The van der Waals surface area contributed by atoms with Crippen molar-refractivity contribution in [3.05, 3.63) is 23.8 Å². The number of aromatic nitrogens is 1. The summed E-state index contributed by atoms with van der Waals surface area (Å²) in [5.74, 6) is -0.529. The minimum Gasteiger partial charge on any atom is -0.373 e. The summed E-state index contributed by atoms with van der Waals surface area (Å²) in [6.07, 6.45) is -0.929. The Morgan fingerprint density at radius 3 is 2.76 bits per heavy atom. The third-order valence-electron chi connectivity index (χ3n) is 2.86. The molecule has 5 nitrogen and oxygen atoms in total. The lowest BCUT2D eigenvalue weighted by atomic mass is 10.2. The number of aliphatic hydroxyl groups excluding tert-OH is 1. The Morgan fingerprint density at radius 2 is 2.18 bits per heavy atom. The number of piperazine rings is 1. The summed E-state index contributed by atoms with van der Waals surface area (Å²) in [5.41, 5.74) is 0.794. The molecule has 0 radical (unpaired) electrons. The average molecular weight is 240 g/mol. The van der Waals surface area contributed by atoms with E-state index in [9.17, 15) is 9.50 Å². The van der Waals surface area contributed by atoms with Gasteiger partial charge < -0.3 is 15.3 Å². The minimum atomic E-state index is -0.929. The molecule has 0 aromatic carbocycles. The van der Waals surface area contributed by atoms with Crippen LogP contribution in [0.5, 0.6) is 0 Å². The first kappa shape index (κ1) is 12.2. The van der Waals surface area contributed by atoms with E-state index in [1.807, 2.05) is 4.90 Å². The zero-order chi connectivity index (χ0) is 12.3. The van der Waals surface area contributed by atoms with Crippen molar-refractivity contribution in [2.45, 2.75) is 6.23 Å². The molecular weight excluding hydrogens is 223 g/mol. The molecule has 17 heavy (non-hydrogen) atoms. The van der Waals surface area contributed by atoms with Gasteiger partial charge in [0.25, 0.3) is 0 Å². The highest BCUT2D eigenvalue weighted by Crippen LogP contribution is 2.20. The van der Waals surface area contributed by atoms with E-state index in [2.05, 4.69) is 15.6 Å². The van der Waals surface area contributed by atoms with Crippen molar-refractivity contribution in [3.8, 4) is 0 Å². The summed E-state index contributed by atoms with van der Waals surface area (Å²) in [5, 5.41) is 15.3. The van der Waals surface area contributed by atoms with Gasteiger partial charge in [0.2, 0.25) is 5.95 Å². The van der Waals surface area contributed by atoms with Gasteiger partial charge in [0.05, 0.1) is 11.4 Å². The molecule has 0 amide bonds. The van der Waals surface area contributed by atoms with E-state index in [0.29, 0.717) is 11.4 Å². The summed E-state index contributed by atoms with van der Waals surface area (Å²) in [6, 6.07) is 3.31. The standard InChI is InChI=1S/C11H17FN4O/c1-13-11(17)8-2-3-9(10(12)15-8)16-6-4-14-5-7-16/h2-3,11,13-14,17H,4-7H2,1H3. The quantitative estimate of drug-likeness (QED) is 0.506. The largest absolute Gasteiger partial charge is 0.373 e. The van der Waals surface area contributed by atoms with E-state index < -0.39 is 12.2 Å². The highest BCUT2D eigenvalue weighted by molar-refractivity contribution is 5.46. The van der Waals surface area contributed by atoms with Crippen LogP contribution in [0.25, 0.3) is 0 Å². The molecule has 1 aromatic heterocycles. The van der Waals surface area contributed by atoms with Crippen molar-refractivity contribution in [2.75, 3.05) is 38.1 Å². The maximum atomic E-state index is 13.8. The highest BCUT2D eigenvalue weighted by atomic mass is 19.1. The maximum absolute atomic E-state index is 13.8. The molecular formula is C11H17FN4O. The first-order valence-corrected chi connectivity index (χ1v) is 5.70. The monoisotopic (exact) mass is 240 g/mol. The number of anilines is 1. The van der Waals surface area contributed by atoms with Crippen LogP contribution in [0.3, 0.4) is 0 Å². The third kappa shape index (κ3) is 2.71. The molecule has 1 unspecified atom stereocenters. The highest BCUT2D eigenvalue weighted by Gasteiger charge is 2.17. The Labute approximate surface area is 99.7 Å². The summed E-state index contributed by atoms with van der Waals surface area (Å²) >= 11 is 0. The second-order valence-electron chi connectivity index (χ2n) is 3.97.